The summed E-state index contributed by atoms with van der Waals surface area (Å²) in [5.41, 5.74) is 0. The molecular weight excluding hydrogens is 329 g/mol. The lowest BCUT2D eigenvalue weighted by Gasteiger charge is -2.10. The van der Waals surface area contributed by atoms with Gasteiger partial charge < -0.3 is 0 Å². The maximum Gasteiger partial charge on any atom is 0.145 e. The Hall–Kier alpha value is -0.0600. The monoisotopic (exact) mass is 335 g/mol. The van der Waals surface area contributed by atoms with Crippen molar-refractivity contribution < 1.29 is 0 Å². The zero-order valence-electron chi connectivity index (χ0n) is 9.28. The second-order valence-electron chi connectivity index (χ2n) is 3.28. The lowest BCUT2D eigenvalue weighted by atomic mass is 10.4. The summed E-state index contributed by atoms with van der Waals surface area (Å²) in [7, 11) is 0. The van der Waals surface area contributed by atoms with Crippen molar-refractivity contribution in [2.75, 3.05) is 6.26 Å². The van der Waals surface area contributed by atoms with Crippen LogP contribution in [0.3, 0.4) is 0 Å². The van der Waals surface area contributed by atoms with Crippen LogP contribution in [0.5, 0.6) is 0 Å². The van der Waals surface area contributed by atoms with Crippen LogP contribution in [-0.4, -0.2) is 11.2 Å². The highest BCUT2D eigenvalue weighted by Gasteiger charge is 2.16. The summed E-state index contributed by atoms with van der Waals surface area (Å²) in [6, 6.07) is 9.82. The number of halogens is 3. The molecule has 1 nitrogen and oxygen atoms in total. The topological polar surface area (TPSA) is 12.9 Å². The Bertz CT molecular complexity index is 561. The highest BCUT2D eigenvalue weighted by molar-refractivity contribution is 7.99. The molecular formula is C12H8Cl3NS2. The Labute approximate surface area is 129 Å². The third kappa shape index (κ3) is 3.09. The van der Waals surface area contributed by atoms with Gasteiger partial charge in [-0.2, -0.15) is 0 Å². The van der Waals surface area contributed by atoms with E-state index in [1.54, 1.807) is 0 Å². The van der Waals surface area contributed by atoms with Gasteiger partial charge >= 0.3 is 0 Å². The van der Waals surface area contributed by atoms with Gasteiger partial charge in [0.25, 0.3) is 0 Å². The highest BCUT2D eigenvalue weighted by Crippen LogP contribution is 2.43. The van der Waals surface area contributed by atoms with Crippen molar-refractivity contribution >= 4 is 58.3 Å². The van der Waals surface area contributed by atoms with Gasteiger partial charge in [-0.05, 0) is 18.4 Å². The number of benzene rings is 1. The molecule has 0 aliphatic rings. The van der Waals surface area contributed by atoms with Crippen LogP contribution in [0.25, 0.3) is 0 Å². The Balaban J connectivity index is 2.43. The number of pyridine rings is 1. The fraction of sp³-hybridized carbons (Fsp3) is 0.0833. The number of thioether (sulfide) groups is 1. The van der Waals surface area contributed by atoms with Gasteiger partial charge in [-0.1, -0.05) is 64.8 Å². The van der Waals surface area contributed by atoms with Gasteiger partial charge in [-0.3, -0.25) is 0 Å². The summed E-state index contributed by atoms with van der Waals surface area (Å²) >= 11 is 21.4. The molecule has 2 aromatic rings. The largest absolute Gasteiger partial charge is 0.227 e. The van der Waals surface area contributed by atoms with Crippen molar-refractivity contribution in [3.05, 3.63) is 45.5 Å². The standard InChI is InChI=1S/C12H8Cl3NS2/c1-17-12-9(14)8(13)10(11(15)16-12)18-7-5-3-2-4-6-7/h2-6H,1H3. The number of rotatable bonds is 3. The second kappa shape index (κ2) is 6.40. The summed E-state index contributed by atoms with van der Waals surface area (Å²) in [5, 5.41) is 1.92. The smallest absolute Gasteiger partial charge is 0.145 e. The minimum atomic E-state index is 0.377. The molecule has 0 fully saturated rings. The first kappa shape index (κ1) is 14.4. The Kier molecular flexibility index (Phi) is 5.10. The molecule has 0 atom stereocenters. The van der Waals surface area contributed by atoms with Crippen molar-refractivity contribution in [2.24, 2.45) is 0 Å². The molecule has 0 aliphatic carbocycles. The highest BCUT2D eigenvalue weighted by atomic mass is 35.5. The van der Waals surface area contributed by atoms with E-state index in [9.17, 15) is 0 Å². The van der Waals surface area contributed by atoms with E-state index in [2.05, 4.69) is 4.98 Å². The Morgan fingerprint density at radius 3 is 2.28 bits per heavy atom. The van der Waals surface area contributed by atoms with E-state index < -0.39 is 0 Å². The van der Waals surface area contributed by atoms with Crippen LogP contribution in [0.4, 0.5) is 0 Å². The number of aromatic nitrogens is 1. The Morgan fingerprint density at radius 2 is 1.67 bits per heavy atom. The number of hydrogen-bond donors (Lipinski definition) is 0. The summed E-state index contributed by atoms with van der Waals surface area (Å²) in [5.74, 6) is 0. The first-order valence-electron chi connectivity index (χ1n) is 4.95. The molecule has 0 amide bonds. The van der Waals surface area contributed by atoms with Crippen LogP contribution in [0, 0.1) is 0 Å². The third-order valence-electron chi connectivity index (χ3n) is 2.12. The summed E-state index contributed by atoms with van der Waals surface area (Å²) in [6.45, 7) is 0. The molecule has 0 N–H and O–H groups in total. The van der Waals surface area contributed by atoms with Crippen LogP contribution in [0.1, 0.15) is 0 Å². The fourth-order valence-corrected chi connectivity index (χ4v) is 3.78. The van der Waals surface area contributed by atoms with E-state index in [0.717, 1.165) is 4.90 Å². The minimum Gasteiger partial charge on any atom is -0.227 e. The maximum atomic E-state index is 6.24. The van der Waals surface area contributed by atoms with Gasteiger partial charge in [-0.25, -0.2) is 4.98 Å². The Morgan fingerprint density at radius 1 is 1.00 bits per heavy atom. The molecule has 0 unspecified atom stereocenters. The summed E-state index contributed by atoms with van der Waals surface area (Å²) in [4.78, 5) is 5.96. The van der Waals surface area contributed by atoms with Gasteiger partial charge in [0.1, 0.15) is 10.2 Å². The van der Waals surface area contributed by atoms with Gasteiger partial charge in [0.2, 0.25) is 0 Å². The van der Waals surface area contributed by atoms with Gasteiger partial charge in [-0.15, -0.1) is 11.8 Å². The first-order chi connectivity index (χ1) is 8.63. The van der Waals surface area contributed by atoms with Crippen molar-refractivity contribution in [3.8, 4) is 0 Å². The molecule has 1 aromatic carbocycles. The van der Waals surface area contributed by atoms with Crippen molar-refractivity contribution in [1.82, 2.24) is 4.98 Å². The number of nitrogens with zero attached hydrogens (tertiary/aromatic N) is 1. The molecule has 1 aromatic heterocycles. The normalized spacial score (nSPS) is 10.7. The molecule has 18 heavy (non-hydrogen) atoms. The van der Waals surface area contributed by atoms with Crippen LogP contribution in [0.15, 0.2) is 45.1 Å². The molecule has 6 heteroatoms. The fourth-order valence-electron chi connectivity index (χ4n) is 1.30. The molecule has 0 bridgehead atoms. The van der Waals surface area contributed by atoms with E-state index >= 15 is 0 Å². The van der Waals surface area contributed by atoms with E-state index in [0.29, 0.717) is 25.1 Å². The SMILES string of the molecule is CSc1nc(Cl)c(Sc2ccccc2)c(Cl)c1Cl. The van der Waals surface area contributed by atoms with E-state index in [1.807, 2.05) is 36.6 Å². The predicted octanol–water partition coefficient (Wildman–Crippen LogP) is 5.91. The van der Waals surface area contributed by atoms with E-state index in [1.165, 1.54) is 23.5 Å². The molecule has 0 aliphatic heterocycles. The van der Waals surface area contributed by atoms with Crippen LogP contribution in [0.2, 0.25) is 15.2 Å². The average molecular weight is 337 g/mol. The summed E-state index contributed by atoms with van der Waals surface area (Å²) in [6.07, 6.45) is 1.88. The molecule has 2 rings (SSSR count). The minimum absolute atomic E-state index is 0.377. The molecule has 94 valence electrons. The lowest BCUT2D eigenvalue weighted by molar-refractivity contribution is 1.09. The molecule has 0 saturated heterocycles. The quantitative estimate of drug-likeness (QED) is 0.510. The van der Waals surface area contributed by atoms with Crippen LogP contribution >= 0.6 is 58.3 Å². The molecule has 0 spiro atoms. The summed E-state index contributed by atoms with van der Waals surface area (Å²) < 4.78 is 0. The maximum absolute atomic E-state index is 6.24. The first-order valence-corrected chi connectivity index (χ1v) is 8.12. The van der Waals surface area contributed by atoms with Crippen molar-refractivity contribution in [2.45, 2.75) is 14.8 Å². The van der Waals surface area contributed by atoms with Crippen LogP contribution < -0.4 is 0 Å². The zero-order chi connectivity index (χ0) is 13.1. The molecule has 1 heterocycles. The lowest BCUT2D eigenvalue weighted by Crippen LogP contribution is -1.88. The van der Waals surface area contributed by atoms with Gasteiger partial charge in [0.15, 0.2) is 0 Å². The van der Waals surface area contributed by atoms with Gasteiger partial charge in [0, 0.05) is 4.90 Å². The van der Waals surface area contributed by atoms with E-state index in [-0.39, 0.29) is 0 Å². The number of hydrogen-bond acceptors (Lipinski definition) is 3. The molecule has 0 saturated carbocycles. The second-order valence-corrected chi connectivity index (χ2v) is 6.28. The zero-order valence-corrected chi connectivity index (χ0v) is 13.2. The third-order valence-corrected chi connectivity index (χ3v) is 5.37. The predicted molar refractivity (Wildman–Crippen MR) is 81.6 cm³/mol. The average Bonchev–Trinajstić information content (AvgIpc) is 2.40. The van der Waals surface area contributed by atoms with Crippen molar-refractivity contribution in [1.29, 1.82) is 0 Å². The van der Waals surface area contributed by atoms with Gasteiger partial charge in [0.05, 0.1) is 14.9 Å². The van der Waals surface area contributed by atoms with Crippen molar-refractivity contribution in [3.63, 3.8) is 0 Å². The van der Waals surface area contributed by atoms with E-state index in [4.69, 9.17) is 34.8 Å². The molecule has 0 radical (unpaired) electrons. The van der Waals surface area contributed by atoms with Crippen LogP contribution in [-0.2, 0) is 0 Å².